The number of Topliss-reactive ketones (excluding diaryl/α,β-unsaturated/α-hetero) is 1. The summed E-state index contributed by atoms with van der Waals surface area (Å²) in [5, 5.41) is 0. The average molecular weight is 344 g/mol. The highest BCUT2D eigenvalue weighted by Gasteiger charge is 2.06. The third-order valence-corrected chi connectivity index (χ3v) is 3.22. The van der Waals surface area contributed by atoms with Crippen LogP contribution in [0.3, 0.4) is 0 Å². The molecule has 132 valence electrons. The lowest BCUT2D eigenvalue weighted by Crippen LogP contribution is -2.12. The molecule has 2 rings (SSSR count). The first kappa shape index (κ1) is 18.5. The Labute approximate surface area is 146 Å². The molecule has 25 heavy (non-hydrogen) atoms. The second kappa shape index (κ2) is 9.44. The van der Waals surface area contributed by atoms with Crippen molar-refractivity contribution in [3.63, 3.8) is 0 Å². The number of hydrogen-bond donors (Lipinski definition) is 0. The number of benzene rings is 2. The minimum absolute atomic E-state index is 0.211. The summed E-state index contributed by atoms with van der Waals surface area (Å²) in [5.41, 5.74) is 2.04. The van der Waals surface area contributed by atoms with E-state index < -0.39 is 5.97 Å². The lowest BCUT2D eigenvalue weighted by Gasteiger charge is -2.09. The summed E-state index contributed by atoms with van der Waals surface area (Å²) in [6.07, 6.45) is -0.244. The quantitative estimate of drug-likeness (QED) is 0.395. The zero-order valence-corrected chi connectivity index (χ0v) is 14.2. The smallest absolute Gasteiger partial charge is 0.316 e. The molecule has 0 amide bonds. The van der Waals surface area contributed by atoms with Gasteiger partial charge in [-0.25, -0.2) is 0 Å². The van der Waals surface area contributed by atoms with E-state index in [4.69, 9.17) is 18.9 Å². The molecule has 0 unspecified atom stereocenters. The van der Waals surface area contributed by atoms with Crippen molar-refractivity contribution in [2.24, 2.45) is 0 Å². The van der Waals surface area contributed by atoms with Crippen molar-refractivity contribution in [3.8, 4) is 22.6 Å². The highest BCUT2D eigenvalue weighted by Crippen LogP contribution is 2.24. The predicted molar refractivity (Wildman–Crippen MR) is 91.3 cm³/mol. The maximum absolute atomic E-state index is 11.2. The minimum Gasteiger partial charge on any atom is -0.468 e. The van der Waals surface area contributed by atoms with Crippen molar-refractivity contribution in [1.29, 1.82) is 0 Å². The summed E-state index contributed by atoms with van der Waals surface area (Å²) < 4.78 is 20.3. The molecule has 0 spiro atoms. The number of rotatable bonds is 9. The molecule has 0 aliphatic carbocycles. The molecule has 0 N–H and O–H groups in total. The highest BCUT2D eigenvalue weighted by atomic mass is 16.7. The summed E-state index contributed by atoms with van der Waals surface area (Å²) in [4.78, 5) is 22.0. The number of ketones is 1. The molecule has 0 aromatic heterocycles. The Morgan fingerprint density at radius 1 is 0.800 bits per heavy atom. The monoisotopic (exact) mass is 344 g/mol. The van der Waals surface area contributed by atoms with Gasteiger partial charge in [-0.1, -0.05) is 24.3 Å². The molecule has 2 aromatic carbocycles. The normalized spacial score (nSPS) is 10.2. The molecule has 0 saturated heterocycles. The molecule has 0 bridgehead atoms. The van der Waals surface area contributed by atoms with Crippen LogP contribution in [0.2, 0.25) is 0 Å². The zero-order chi connectivity index (χ0) is 18.1. The van der Waals surface area contributed by atoms with Gasteiger partial charge in [-0.05, 0) is 42.3 Å². The van der Waals surface area contributed by atoms with E-state index in [1.807, 2.05) is 36.4 Å². The van der Waals surface area contributed by atoms with Gasteiger partial charge in [0.05, 0.1) is 0 Å². The highest BCUT2D eigenvalue weighted by molar-refractivity contribution is 5.94. The lowest BCUT2D eigenvalue weighted by molar-refractivity contribution is -0.151. The van der Waals surface area contributed by atoms with Crippen LogP contribution in [-0.4, -0.2) is 32.4 Å². The van der Waals surface area contributed by atoms with Crippen molar-refractivity contribution in [3.05, 3.63) is 48.5 Å². The fourth-order valence-electron chi connectivity index (χ4n) is 2.03. The zero-order valence-electron chi connectivity index (χ0n) is 14.2. The number of hydrogen-bond acceptors (Lipinski definition) is 6. The molecule has 6 heteroatoms. The van der Waals surface area contributed by atoms with Crippen LogP contribution >= 0.6 is 0 Å². The Hall–Kier alpha value is -2.86. The van der Waals surface area contributed by atoms with Gasteiger partial charge in [0, 0.05) is 7.11 Å². The van der Waals surface area contributed by atoms with Gasteiger partial charge in [-0.2, -0.15) is 0 Å². The minimum atomic E-state index is -0.597. The Bertz CT molecular complexity index is 691. The van der Waals surface area contributed by atoms with E-state index in [2.05, 4.69) is 0 Å². The van der Waals surface area contributed by atoms with Crippen molar-refractivity contribution in [2.75, 3.05) is 20.7 Å². The van der Waals surface area contributed by atoms with Gasteiger partial charge in [-0.15, -0.1) is 0 Å². The van der Waals surface area contributed by atoms with Crippen LogP contribution in [0.5, 0.6) is 11.5 Å². The van der Waals surface area contributed by atoms with Gasteiger partial charge >= 0.3 is 5.97 Å². The molecule has 0 atom stereocenters. The summed E-state index contributed by atoms with van der Waals surface area (Å²) >= 11 is 0. The lowest BCUT2D eigenvalue weighted by atomic mass is 10.1. The molecule has 0 saturated carbocycles. The first-order chi connectivity index (χ1) is 12.1. The molecule has 0 fully saturated rings. The van der Waals surface area contributed by atoms with E-state index in [1.165, 1.54) is 6.92 Å². The first-order valence-corrected chi connectivity index (χ1v) is 7.68. The molecule has 0 radical (unpaired) electrons. The fourth-order valence-corrected chi connectivity index (χ4v) is 2.03. The van der Waals surface area contributed by atoms with E-state index in [9.17, 15) is 9.59 Å². The third-order valence-electron chi connectivity index (χ3n) is 3.22. The van der Waals surface area contributed by atoms with Crippen molar-refractivity contribution in [2.45, 2.75) is 13.3 Å². The Balaban J connectivity index is 1.87. The van der Waals surface area contributed by atoms with E-state index in [1.54, 1.807) is 19.2 Å². The molecule has 6 nitrogen and oxygen atoms in total. The van der Waals surface area contributed by atoms with Crippen LogP contribution < -0.4 is 9.47 Å². The van der Waals surface area contributed by atoms with Gasteiger partial charge < -0.3 is 18.9 Å². The number of carbonyl (C=O) groups is 2. The van der Waals surface area contributed by atoms with Crippen LogP contribution in [-0.2, 0) is 19.1 Å². The van der Waals surface area contributed by atoms with Gasteiger partial charge in [0.2, 0.25) is 6.79 Å². The predicted octanol–water partition coefficient (Wildman–Crippen LogP) is 3.19. The number of ether oxygens (including phenoxy) is 4. The van der Waals surface area contributed by atoms with Crippen LogP contribution in [0.15, 0.2) is 48.5 Å². The molecular weight excluding hydrogens is 324 g/mol. The fraction of sp³-hybridized carbons (Fsp3) is 0.263. The third kappa shape index (κ3) is 6.27. The molecular formula is C19H20O6. The van der Waals surface area contributed by atoms with E-state index in [0.29, 0.717) is 5.75 Å². The Kier molecular flexibility index (Phi) is 6.98. The van der Waals surface area contributed by atoms with Crippen LogP contribution in [0.1, 0.15) is 13.3 Å². The maximum atomic E-state index is 11.2. The Morgan fingerprint density at radius 3 is 1.72 bits per heavy atom. The SMILES string of the molecule is COCOc1ccc(-c2ccc(OCOC(=O)CC(C)=O)cc2)cc1. The standard InChI is InChI=1S/C19H20O6/c1-14(20)11-19(21)25-13-24-18-9-5-16(6-10-18)15-3-7-17(8-4-15)23-12-22-2/h3-10H,11-13H2,1-2H3. The van der Waals surface area contributed by atoms with E-state index in [0.717, 1.165) is 16.9 Å². The average Bonchev–Trinajstić information content (AvgIpc) is 2.60. The molecule has 0 aliphatic heterocycles. The summed E-state index contributed by atoms with van der Waals surface area (Å²) in [7, 11) is 1.57. The molecule has 0 aliphatic rings. The van der Waals surface area contributed by atoms with Crippen molar-refractivity contribution in [1.82, 2.24) is 0 Å². The second-order valence-electron chi connectivity index (χ2n) is 5.26. The molecule has 0 heterocycles. The van der Waals surface area contributed by atoms with Crippen LogP contribution in [0.4, 0.5) is 0 Å². The molecule has 2 aromatic rings. The van der Waals surface area contributed by atoms with Crippen LogP contribution in [0.25, 0.3) is 11.1 Å². The topological polar surface area (TPSA) is 71.1 Å². The number of carbonyl (C=O) groups excluding carboxylic acids is 2. The number of esters is 1. The first-order valence-electron chi connectivity index (χ1n) is 7.68. The van der Waals surface area contributed by atoms with Gasteiger partial charge in [0.1, 0.15) is 23.7 Å². The van der Waals surface area contributed by atoms with Gasteiger partial charge in [0.15, 0.2) is 6.79 Å². The number of methoxy groups -OCH3 is 1. The Morgan fingerprint density at radius 2 is 1.28 bits per heavy atom. The maximum Gasteiger partial charge on any atom is 0.316 e. The van der Waals surface area contributed by atoms with Gasteiger partial charge in [-0.3, -0.25) is 9.59 Å². The van der Waals surface area contributed by atoms with E-state index in [-0.39, 0.29) is 25.8 Å². The summed E-state index contributed by atoms with van der Waals surface area (Å²) in [6.45, 7) is 1.32. The van der Waals surface area contributed by atoms with Crippen molar-refractivity contribution < 1.29 is 28.5 Å². The second-order valence-corrected chi connectivity index (χ2v) is 5.26. The van der Waals surface area contributed by atoms with Crippen molar-refractivity contribution >= 4 is 11.8 Å². The summed E-state index contributed by atoms with van der Waals surface area (Å²) in [5.74, 6) is 0.463. The van der Waals surface area contributed by atoms with E-state index >= 15 is 0 Å². The van der Waals surface area contributed by atoms with Crippen LogP contribution in [0, 0.1) is 0 Å². The summed E-state index contributed by atoms with van der Waals surface area (Å²) in [6, 6.07) is 15.0. The van der Waals surface area contributed by atoms with Gasteiger partial charge in [0.25, 0.3) is 0 Å². The largest absolute Gasteiger partial charge is 0.468 e.